The van der Waals surface area contributed by atoms with E-state index >= 15 is 19.2 Å². The van der Waals surface area contributed by atoms with E-state index in [0.717, 1.165) is 32.4 Å². The summed E-state index contributed by atoms with van der Waals surface area (Å²) in [5.41, 5.74) is 8.37. The molecule has 1 aromatic heterocycles. The first-order valence-corrected chi connectivity index (χ1v) is 34.0. The van der Waals surface area contributed by atoms with Crippen molar-refractivity contribution in [3.63, 3.8) is 0 Å². The molecule has 0 saturated carbocycles. The molecule has 2 aliphatic rings. The number of aliphatic hydroxyl groups is 3. The molecule has 0 unspecified atom stereocenters. The van der Waals surface area contributed by atoms with Gasteiger partial charge in [-0.3, -0.25) is 53.1 Å². The Labute approximate surface area is 574 Å². The van der Waals surface area contributed by atoms with Gasteiger partial charge in [0.15, 0.2) is 0 Å². The number of aliphatic carboxylic acids is 2. The third-order valence-corrected chi connectivity index (χ3v) is 18.9. The van der Waals surface area contributed by atoms with E-state index in [4.69, 9.17) is 5.73 Å². The van der Waals surface area contributed by atoms with Crippen molar-refractivity contribution in [1.82, 2.24) is 62.2 Å². The number of aromatic nitrogens is 1. The van der Waals surface area contributed by atoms with E-state index in [1.807, 2.05) is 48.5 Å². The standard InChI is InChI=1S/C65H87N13O15S2.Cu/c1-39(80)52(36-79)72-64(92)54-38-95-94-37-53(73-60(88)49(29-41-13-4-3-5-14-41)68-55(82)33-76-23-25-77(34-56(83)84)27-28-78(26-24-76)35-57(85)86)63(91)71-50(30-43-17-12-16-42-15-6-7-18-45(42)43)62(90)70-51(31-44-32-67-47-20-9-8-19-46(44)47)61(89)69-48(21-10-11-22-66)59(87)75-58(40(2)81)65(93)74-54;/h3-9,12-20,32,39-40,48-54,58,67,79-81H,10-11,21-31,33-38,66H2,1-2H3,(H,68,82)(H,69,89)(H,70,90)(H,71,91)(H,72,92)(H,73,88)(H,74,93)(H,75,87)(H,83,84)(H,85,86);/q;+2/p-2/t39-,40-,48+,49-,50+,51+,52-,53+,54+,58+;/m1./s1/i;1-2. The number of nitrogens with two attached hydrogens (primary N) is 1. The molecule has 0 spiro atoms. The van der Waals surface area contributed by atoms with Crippen LogP contribution in [0.5, 0.6) is 0 Å². The Morgan fingerprint density at radius 1 is 0.625 bits per heavy atom. The van der Waals surface area contributed by atoms with Gasteiger partial charge >= 0.3 is 17.1 Å². The number of rotatable bonds is 24. The maximum absolute atomic E-state index is 15.4. The summed E-state index contributed by atoms with van der Waals surface area (Å²) >= 11 is 0. The molecule has 4 aromatic carbocycles. The predicted molar refractivity (Wildman–Crippen MR) is 353 cm³/mol. The zero-order chi connectivity index (χ0) is 68.6. The van der Waals surface area contributed by atoms with Gasteiger partial charge in [0.1, 0.15) is 42.3 Å². The molecule has 1 radical (unpaired) electrons. The summed E-state index contributed by atoms with van der Waals surface area (Å²) in [7, 11) is 1.89. The van der Waals surface area contributed by atoms with Crippen molar-refractivity contribution in [1.29, 1.82) is 0 Å². The van der Waals surface area contributed by atoms with E-state index in [0.29, 0.717) is 40.4 Å². The first kappa shape index (κ1) is 77.3. The van der Waals surface area contributed by atoms with Crippen molar-refractivity contribution in [3.05, 3.63) is 120 Å². The quantitative estimate of drug-likeness (QED) is 0.0159. The maximum Gasteiger partial charge on any atom is 2.00 e. The van der Waals surface area contributed by atoms with Gasteiger partial charge in [0, 0.05) is 100 Å². The number of carboxylic acid groups (broad SMARTS) is 2. The van der Waals surface area contributed by atoms with Crippen LogP contribution in [-0.2, 0) is 84.3 Å². The molecular formula is C65H85CuN13O15S2. The molecule has 8 amide bonds. The van der Waals surface area contributed by atoms with Gasteiger partial charge in [-0.1, -0.05) is 113 Å². The number of carbonyl (C=O) groups excluding carboxylic acids is 10. The van der Waals surface area contributed by atoms with E-state index < -0.39 is 139 Å². The number of carbonyl (C=O) groups is 10. The van der Waals surface area contributed by atoms with Crippen LogP contribution in [0, 0.1) is 0 Å². The summed E-state index contributed by atoms with van der Waals surface area (Å²) in [6, 6.07) is 16.9. The number of nitrogens with one attached hydrogen (secondary N) is 9. The molecule has 0 bridgehead atoms. The Bertz CT molecular complexity index is 3410. The second kappa shape index (κ2) is 38.9. The molecule has 523 valence electrons. The van der Waals surface area contributed by atoms with Gasteiger partial charge in [0.2, 0.25) is 47.3 Å². The average molecular weight is 1410 g/mol. The number of hydrogen-bond acceptors (Lipinski definition) is 21. The number of nitrogens with zero attached hydrogens (tertiary/aromatic N) is 3. The number of carboxylic acids is 2. The normalized spacial score (nSPS) is 21.7. The third-order valence-electron chi connectivity index (χ3n) is 16.4. The number of H-pyrrole nitrogens is 1. The Hall–Kier alpha value is -7.68. The van der Waals surface area contributed by atoms with Gasteiger partial charge < -0.3 is 88.4 Å². The Morgan fingerprint density at radius 3 is 1.79 bits per heavy atom. The first-order valence-electron chi connectivity index (χ1n) is 31.5. The molecule has 28 nitrogen and oxygen atoms in total. The second-order valence-electron chi connectivity index (χ2n) is 23.7. The largest absolute Gasteiger partial charge is 2.00 e. The van der Waals surface area contributed by atoms with Crippen LogP contribution in [0.15, 0.2) is 103 Å². The van der Waals surface area contributed by atoms with Crippen LogP contribution in [-0.4, -0.2) is 238 Å². The van der Waals surface area contributed by atoms with E-state index in [1.165, 1.54) is 13.8 Å². The van der Waals surface area contributed by atoms with Crippen LogP contribution in [0.1, 0.15) is 49.8 Å². The molecule has 31 heteroatoms. The van der Waals surface area contributed by atoms with Crippen molar-refractivity contribution in [3.8, 4) is 0 Å². The zero-order valence-corrected chi connectivity index (χ0v) is 55.9. The van der Waals surface area contributed by atoms with Gasteiger partial charge in [-0.15, -0.1) is 0 Å². The molecule has 2 saturated heterocycles. The minimum Gasteiger partial charge on any atom is -0.549 e. The van der Waals surface area contributed by atoms with Crippen LogP contribution in [0.25, 0.3) is 21.7 Å². The summed E-state index contributed by atoms with van der Waals surface area (Å²) in [6.45, 7) is 1.85. The summed E-state index contributed by atoms with van der Waals surface area (Å²) in [6.07, 6.45) is -0.980. The van der Waals surface area contributed by atoms with Crippen LogP contribution in [0.2, 0.25) is 0 Å². The van der Waals surface area contributed by atoms with Crippen LogP contribution in [0.3, 0.4) is 0 Å². The van der Waals surface area contributed by atoms with E-state index in [2.05, 4.69) is 47.5 Å². The van der Waals surface area contributed by atoms with E-state index in [9.17, 15) is 54.3 Å². The van der Waals surface area contributed by atoms with Gasteiger partial charge in [0.05, 0.1) is 43.3 Å². The molecule has 7 rings (SSSR count). The number of benzene rings is 4. The molecule has 2 aliphatic heterocycles. The fraction of sp³-hybridized carbons (Fsp3) is 0.477. The van der Waals surface area contributed by atoms with Crippen molar-refractivity contribution in [2.45, 2.75) is 113 Å². The molecule has 14 N–H and O–H groups in total. The zero-order valence-electron chi connectivity index (χ0n) is 53.3. The first-order chi connectivity index (χ1) is 45.6. The summed E-state index contributed by atoms with van der Waals surface area (Å²) in [5, 5.41) is 79.0. The topological polar surface area (TPSA) is 425 Å². The smallest absolute Gasteiger partial charge is 0.549 e. The molecule has 5 aromatic rings. The fourth-order valence-electron chi connectivity index (χ4n) is 11.1. The van der Waals surface area contributed by atoms with Crippen LogP contribution in [0.4, 0.5) is 0 Å². The monoisotopic (exact) mass is 1410 g/mol. The van der Waals surface area contributed by atoms with Gasteiger partial charge in [-0.2, -0.15) is 0 Å². The SMILES string of the molecule is C[C@@H](O)[C@@H]1NC(=O)[C@H](CCCCN)NC(=O)[C@H](Cc2c[nH]c3ccccc23)NC(=O)[C@H](Cc2cccc3ccccc23)NC(=O)[C@@H](NC(=O)[C@@H](Cc2ccccc2)NC(=O)CN2CCN(CC(=O)[O-])CCN(CC(=O)[O-])CC2)CSSC[C@@H](C(=O)N[C@H](CO)[C@@H](C)O)NC1=O.[62Cu+2]. The number of aliphatic hydroxyl groups excluding tert-OH is 3. The van der Waals surface area contributed by atoms with Crippen molar-refractivity contribution < 1.29 is 90.5 Å². The number of hydrogen-bond donors (Lipinski definition) is 13. The minimum atomic E-state index is -1.75. The molecule has 0 aliphatic carbocycles. The molecule has 96 heavy (non-hydrogen) atoms. The summed E-state index contributed by atoms with van der Waals surface area (Å²) < 4.78 is 0. The minimum absolute atomic E-state index is 0. The van der Waals surface area contributed by atoms with E-state index in [1.54, 1.807) is 69.4 Å². The van der Waals surface area contributed by atoms with Gasteiger partial charge in [0.25, 0.3) is 0 Å². The number of amides is 8. The Balaban J connectivity index is 0.0000146. The van der Waals surface area contributed by atoms with Gasteiger partial charge in [-0.25, -0.2) is 0 Å². The Kier molecular flexibility index (Phi) is 31.3. The van der Waals surface area contributed by atoms with Crippen LogP contribution < -0.4 is 58.5 Å². The molecule has 3 heterocycles. The fourth-order valence-corrected chi connectivity index (χ4v) is 13.5. The average Bonchev–Trinajstić information content (AvgIpc) is 1.47. The summed E-state index contributed by atoms with van der Waals surface area (Å²) in [4.78, 5) is 150. The number of fused-ring (bicyclic) bond motifs is 2. The van der Waals surface area contributed by atoms with E-state index in [-0.39, 0.29) is 107 Å². The molecule has 10 atom stereocenters. The van der Waals surface area contributed by atoms with Gasteiger partial charge in [-0.05, 0) is 73.2 Å². The van der Waals surface area contributed by atoms with Crippen molar-refractivity contribution >= 4 is 102 Å². The molecule has 2 fully saturated rings. The predicted octanol–water partition coefficient (Wildman–Crippen LogP) is -4.08. The maximum atomic E-state index is 15.4. The van der Waals surface area contributed by atoms with Crippen molar-refractivity contribution in [2.75, 3.05) is 83.6 Å². The van der Waals surface area contributed by atoms with Crippen LogP contribution >= 0.6 is 21.6 Å². The number of unbranched alkanes of at least 4 members (excludes halogenated alkanes) is 1. The third kappa shape index (κ3) is 23.8. The Morgan fingerprint density at radius 2 is 1.18 bits per heavy atom. The number of aromatic amines is 1. The number of para-hydroxylation sites is 1. The summed E-state index contributed by atoms with van der Waals surface area (Å²) in [5.74, 6) is -10.3. The second-order valence-corrected chi connectivity index (χ2v) is 26.3. The molecular weight excluding hydrogens is 1330 g/mol. The van der Waals surface area contributed by atoms with Crippen molar-refractivity contribution in [2.24, 2.45) is 5.73 Å².